The van der Waals surface area contributed by atoms with Gasteiger partial charge in [0, 0.05) is 12.5 Å². The number of hydrogen-bond acceptors (Lipinski definition) is 1. The number of benzene rings is 2. The number of nitrogens with zero attached hydrogens (tertiary/aromatic N) is 1. The molecule has 0 saturated carbocycles. The van der Waals surface area contributed by atoms with Gasteiger partial charge in [0.05, 0.1) is 6.04 Å². The summed E-state index contributed by atoms with van der Waals surface area (Å²) in [6.45, 7) is 2.15. The van der Waals surface area contributed by atoms with Gasteiger partial charge >= 0.3 is 0 Å². The molecule has 2 atom stereocenters. The van der Waals surface area contributed by atoms with Crippen molar-refractivity contribution >= 4 is 17.9 Å². The van der Waals surface area contributed by atoms with E-state index in [1.165, 1.54) is 5.56 Å². The minimum atomic E-state index is 0.0472. The van der Waals surface area contributed by atoms with Gasteiger partial charge in [-0.15, -0.1) is 12.3 Å². The summed E-state index contributed by atoms with van der Waals surface area (Å²) in [7, 11) is 0. The van der Waals surface area contributed by atoms with E-state index < -0.39 is 0 Å². The fraction of sp³-hybridized carbons (Fsp3) is 0.273. The topological polar surface area (TPSA) is 3.24 Å². The Kier molecular flexibility index (Phi) is 7.62. The average Bonchev–Trinajstić information content (AvgIpc) is 2.64. The first-order valence-electron chi connectivity index (χ1n) is 8.36. The predicted octanol–water partition coefficient (Wildman–Crippen LogP) is 6.09. The van der Waals surface area contributed by atoms with Gasteiger partial charge in [-0.25, -0.2) is 4.42 Å². The Morgan fingerprint density at radius 3 is 2.33 bits per heavy atom. The fourth-order valence-electron chi connectivity index (χ4n) is 2.69. The molecule has 2 heteroatoms. The van der Waals surface area contributed by atoms with Crippen molar-refractivity contribution < 1.29 is 0 Å². The summed E-state index contributed by atoms with van der Waals surface area (Å²) >= 11 is 6.62. The van der Waals surface area contributed by atoms with Gasteiger partial charge in [0.25, 0.3) is 0 Å². The zero-order chi connectivity index (χ0) is 17.2. The Morgan fingerprint density at radius 2 is 1.71 bits per heavy atom. The minimum absolute atomic E-state index is 0.0472. The highest BCUT2D eigenvalue weighted by atomic mass is 35.5. The van der Waals surface area contributed by atoms with E-state index in [0.29, 0.717) is 6.42 Å². The molecule has 0 fully saturated rings. The maximum Gasteiger partial charge on any atom is 0.0613 e. The van der Waals surface area contributed by atoms with Crippen LogP contribution in [0.1, 0.15) is 43.4 Å². The van der Waals surface area contributed by atoms with E-state index in [-0.39, 0.29) is 12.1 Å². The normalized spacial score (nSPS) is 13.8. The molecule has 0 bridgehead atoms. The molecule has 124 valence electrons. The molecule has 2 aromatic rings. The third-order valence-electron chi connectivity index (χ3n) is 4.08. The standard InChI is InChI=1S/C22H24ClN/c1-3-12-22(21-17-8-5-9-18-21)24(23)19(2)13-10-11-16-20-14-6-4-7-15-20/h1,4-9,11,14-19,22H,10,12-13H2,2H3/b16-11+. The van der Waals surface area contributed by atoms with E-state index in [1.807, 2.05) is 40.8 Å². The SMILES string of the molecule is C#CCC(c1ccccc1)N(Cl)C(C)CC/C=C/c1ccccc1. The number of allylic oxidation sites excluding steroid dienone is 1. The molecule has 0 saturated heterocycles. The van der Waals surface area contributed by atoms with Gasteiger partial charge in [-0.1, -0.05) is 72.8 Å². The summed E-state index contributed by atoms with van der Waals surface area (Å²) in [6.07, 6.45) is 12.5. The number of terminal acetylenes is 1. The van der Waals surface area contributed by atoms with Crippen LogP contribution in [0.2, 0.25) is 0 Å². The number of rotatable bonds is 8. The molecule has 0 aliphatic rings. The quantitative estimate of drug-likeness (QED) is 0.416. The molecule has 0 N–H and O–H groups in total. The van der Waals surface area contributed by atoms with Crippen molar-refractivity contribution in [1.29, 1.82) is 0 Å². The lowest BCUT2D eigenvalue weighted by Gasteiger charge is -2.29. The van der Waals surface area contributed by atoms with Crippen molar-refractivity contribution in [2.75, 3.05) is 0 Å². The molecule has 0 amide bonds. The summed E-state index contributed by atoms with van der Waals surface area (Å²) in [6, 6.07) is 20.8. The van der Waals surface area contributed by atoms with Gasteiger partial charge in [0.1, 0.15) is 0 Å². The van der Waals surface area contributed by atoms with Crippen LogP contribution >= 0.6 is 11.8 Å². The molecule has 0 heterocycles. The zero-order valence-electron chi connectivity index (χ0n) is 14.1. The smallest absolute Gasteiger partial charge is 0.0613 e. The Hall–Kier alpha value is -2.01. The summed E-state index contributed by atoms with van der Waals surface area (Å²) in [5.74, 6) is 2.75. The zero-order valence-corrected chi connectivity index (χ0v) is 14.9. The second kappa shape index (κ2) is 9.98. The van der Waals surface area contributed by atoms with E-state index in [1.54, 1.807) is 0 Å². The van der Waals surface area contributed by atoms with Crippen molar-refractivity contribution in [2.24, 2.45) is 0 Å². The summed E-state index contributed by atoms with van der Waals surface area (Å²) in [5.41, 5.74) is 2.39. The van der Waals surface area contributed by atoms with E-state index in [2.05, 4.69) is 49.3 Å². The van der Waals surface area contributed by atoms with E-state index >= 15 is 0 Å². The minimum Gasteiger partial charge on any atom is -0.209 e. The Bertz CT molecular complexity index is 657. The molecule has 0 aromatic heterocycles. The molecule has 2 unspecified atom stereocenters. The second-order valence-corrected chi connectivity index (χ2v) is 6.31. The van der Waals surface area contributed by atoms with Crippen LogP contribution in [-0.4, -0.2) is 10.5 Å². The number of hydrogen-bond donors (Lipinski definition) is 0. The van der Waals surface area contributed by atoms with Crippen molar-refractivity contribution in [1.82, 2.24) is 4.42 Å². The first-order valence-corrected chi connectivity index (χ1v) is 8.70. The van der Waals surface area contributed by atoms with Crippen LogP contribution in [0.25, 0.3) is 6.08 Å². The third kappa shape index (κ3) is 5.57. The molecule has 0 radical (unpaired) electrons. The number of halogens is 1. The molecule has 2 aromatic carbocycles. The molecular weight excluding hydrogens is 314 g/mol. The Labute approximate surface area is 151 Å². The lowest BCUT2D eigenvalue weighted by Crippen LogP contribution is -2.28. The highest BCUT2D eigenvalue weighted by molar-refractivity contribution is 6.13. The van der Waals surface area contributed by atoms with Crippen LogP contribution in [0.4, 0.5) is 0 Å². The average molecular weight is 338 g/mol. The van der Waals surface area contributed by atoms with Crippen molar-refractivity contribution in [3.05, 3.63) is 77.9 Å². The maximum atomic E-state index is 6.62. The van der Waals surface area contributed by atoms with Crippen LogP contribution in [-0.2, 0) is 0 Å². The maximum absolute atomic E-state index is 6.62. The van der Waals surface area contributed by atoms with Gasteiger partial charge in [-0.2, -0.15) is 0 Å². The molecule has 0 spiro atoms. The first kappa shape index (κ1) is 18.3. The molecule has 1 nitrogen and oxygen atoms in total. The van der Waals surface area contributed by atoms with Crippen molar-refractivity contribution in [3.8, 4) is 12.3 Å². The van der Waals surface area contributed by atoms with E-state index in [0.717, 1.165) is 18.4 Å². The van der Waals surface area contributed by atoms with Crippen LogP contribution in [0.3, 0.4) is 0 Å². The highest BCUT2D eigenvalue weighted by Gasteiger charge is 2.22. The lowest BCUT2D eigenvalue weighted by molar-refractivity contribution is 0.269. The molecular formula is C22H24ClN. The van der Waals surface area contributed by atoms with Crippen LogP contribution in [0, 0.1) is 12.3 Å². The molecule has 0 aliphatic heterocycles. The highest BCUT2D eigenvalue weighted by Crippen LogP contribution is 2.29. The van der Waals surface area contributed by atoms with Gasteiger partial charge < -0.3 is 0 Å². The van der Waals surface area contributed by atoms with E-state index in [4.69, 9.17) is 18.2 Å². The van der Waals surface area contributed by atoms with Gasteiger partial charge in [-0.05, 0) is 42.7 Å². The fourth-order valence-corrected chi connectivity index (χ4v) is 2.97. The van der Waals surface area contributed by atoms with Gasteiger partial charge in [0.2, 0.25) is 0 Å². The first-order chi connectivity index (χ1) is 11.7. The second-order valence-electron chi connectivity index (χ2n) is 5.92. The van der Waals surface area contributed by atoms with Crippen molar-refractivity contribution in [2.45, 2.75) is 38.3 Å². The summed E-state index contributed by atoms with van der Waals surface area (Å²) < 4.78 is 1.88. The van der Waals surface area contributed by atoms with Crippen LogP contribution < -0.4 is 0 Å². The Morgan fingerprint density at radius 1 is 1.08 bits per heavy atom. The monoisotopic (exact) mass is 337 g/mol. The third-order valence-corrected chi connectivity index (χ3v) is 4.64. The molecule has 0 aliphatic carbocycles. The van der Waals surface area contributed by atoms with Gasteiger partial charge in [0.15, 0.2) is 0 Å². The van der Waals surface area contributed by atoms with Crippen molar-refractivity contribution in [3.63, 3.8) is 0 Å². The molecule has 24 heavy (non-hydrogen) atoms. The van der Waals surface area contributed by atoms with Crippen LogP contribution in [0.5, 0.6) is 0 Å². The molecule has 2 rings (SSSR count). The lowest BCUT2D eigenvalue weighted by atomic mass is 10.0. The largest absolute Gasteiger partial charge is 0.209 e. The Balaban J connectivity index is 1.91. The van der Waals surface area contributed by atoms with Crippen LogP contribution in [0.15, 0.2) is 66.7 Å². The van der Waals surface area contributed by atoms with E-state index in [9.17, 15) is 0 Å². The van der Waals surface area contributed by atoms with Gasteiger partial charge in [-0.3, -0.25) is 0 Å². The predicted molar refractivity (Wildman–Crippen MR) is 104 cm³/mol. The summed E-state index contributed by atoms with van der Waals surface area (Å²) in [5, 5.41) is 0. The summed E-state index contributed by atoms with van der Waals surface area (Å²) in [4.78, 5) is 0.